The number of nitrogens with one attached hydrogen (secondary N) is 1. The zero-order valence-electron chi connectivity index (χ0n) is 22.2. The monoisotopic (exact) mass is 553 g/mol. The van der Waals surface area contributed by atoms with Gasteiger partial charge in [-0.2, -0.15) is 0 Å². The van der Waals surface area contributed by atoms with E-state index >= 15 is 0 Å². The summed E-state index contributed by atoms with van der Waals surface area (Å²) in [5.41, 5.74) is 3.34. The minimum atomic E-state index is -0.689. The number of likely N-dealkylation sites (tertiary alicyclic amines) is 1. The minimum absolute atomic E-state index is 0.144. The van der Waals surface area contributed by atoms with Crippen LogP contribution in [0.25, 0.3) is 0 Å². The van der Waals surface area contributed by atoms with E-state index in [1.165, 1.54) is 0 Å². The molecule has 1 saturated heterocycles. The Kier molecular flexibility index (Phi) is 8.88. The highest BCUT2D eigenvalue weighted by Gasteiger charge is 2.41. The van der Waals surface area contributed by atoms with E-state index in [-0.39, 0.29) is 25.0 Å². The van der Waals surface area contributed by atoms with Crippen molar-refractivity contribution in [2.45, 2.75) is 31.5 Å². The maximum atomic E-state index is 14.2. The van der Waals surface area contributed by atoms with Gasteiger partial charge < -0.3 is 19.8 Å². The number of methoxy groups -OCH3 is 1. The normalized spacial score (nSPS) is 15.8. The fourth-order valence-corrected chi connectivity index (χ4v) is 5.44. The fourth-order valence-electron chi connectivity index (χ4n) is 4.80. The summed E-state index contributed by atoms with van der Waals surface area (Å²) in [6.45, 7) is 0.901. The summed E-state index contributed by atoms with van der Waals surface area (Å²) >= 11 is 1.58. The molecule has 1 atom stereocenters. The molecule has 1 N–H and O–H groups in total. The largest absolute Gasteiger partial charge is 0.497 e. The lowest BCUT2D eigenvalue weighted by atomic mass is 9.90. The van der Waals surface area contributed by atoms with E-state index in [1.54, 1.807) is 23.3 Å². The smallest absolute Gasteiger partial charge is 0.243 e. The van der Waals surface area contributed by atoms with Crippen LogP contribution < -0.4 is 10.1 Å². The maximum absolute atomic E-state index is 14.2. The number of ether oxygens (including phenoxy) is 1. The van der Waals surface area contributed by atoms with Gasteiger partial charge in [0, 0.05) is 11.3 Å². The molecule has 0 saturated carbocycles. The molecule has 204 valence electrons. The second-order valence-corrected chi connectivity index (χ2v) is 10.5. The van der Waals surface area contributed by atoms with E-state index in [9.17, 15) is 9.59 Å². The Morgan fingerprint density at radius 1 is 0.950 bits per heavy atom. The van der Waals surface area contributed by atoms with Crippen LogP contribution in [0.15, 0.2) is 108 Å². The molecule has 0 radical (unpaired) electrons. The molecule has 5 rings (SSSR count). The zero-order chi connectivity index (χ0) is 27.7. The van der Waals surface area contributed by atoms with Crippen LogP contribution >= 0.6 is 11.3 Å². The number of benzene rings is 3. The Balaban J connectivity index is 1.37. The van der Waals surface area contributed by atoms with Crippen LogP contribution in [0.5, 0.6) is 5.75 Å². The van der Waals surface area contributed by atoms with Crippen LogP contribution in [0.3, 0.4) is 0 Å². The van der Waals surface area contributed by atoms with Gasteiger partial charge in [0.15, 0.2) is 0 Å². The van der Waals surface area contributed by atoms with Crippen molar-refractivity contribution in [3.8, 4) is 5.75 Å². The highest BCUT2D eigenvalue weighted by molar-refractivity contribution is 7.09. The molecule has 1 aromatic heterocycles. The Labute approximate surface area is 238 Å². The Morgan fingerprint density at radius 2 is 1.62 bits per heavy atom. The van der Waals surface area contributed by atoms with Crippen molar-refractivity contribution in [1.29, 1.82) is 0 Å². The summed E-state index contributed by atoms with van der Waals surface area (Å²) in [7, 11) is 1.62. The highest BCUT2D eigenvalue weighted by atomic mass is 32.1. The van der Waals surface area contributed by atoms with Gasteiger partial charge in [-0.15, -0.1) is 11.3 Å². The number of hydrogen-bond donors (Lipinski definition) is 1. The maximum Gasteiger partial charge on any atom is 0.243 e. The Morgan fingerprint density at radius 3 is 2.23 bits per heavy atom. The van der Waals surface area contributed by atoms with Gasteiger partial charge in [-0.3, -0.25) is 9.59 Å². The average Bonchev–Trinajstić information content (AvgIpc) is 3.68. The van der Waals surface area contributed by atoms with Crippen molar-refractivity contribution in [3.63, 3.8) is 0 Å². The van der Waals surface area contributed by atoms with Crippen molar-refractivity contribution in [1.82, 2.24) is 10.2 Å². The molecule has 0 spiro atoms. The van der Waals surface area contributed by atoms with E-state index < -0.39 is 12.0 Å². The van der Waals surface area contributed by atoms with Gasteiger partial charge >= 0.3 is 0 Å². The number of hydrogen-bond acceptors (Lipinski definition) is 6. The van der Waals surface area contributed by atoms with Gasteiger partial charge in [-0.1, -0.05) is 84.0 Å². The second kappa shape index (κ2) is 13.1. The number of carbonyl (C=O) groups is 2. The first kappa shape index (κ1) is 27.1. The standard InChI is InChI=1S/C32H31N3O4S/c1-38-27-16-14-23(15-17-27)22-39-34-26-19-29(31(36)33-20-28-13-8-18-40-28)35(21-26)32(37)30(24-9-4-2-5-10-24)25-11-6-3-7-12-25/h2-18,29-30H,19-22H2,1H3,(H,33,36)/b34-26-/t29-/m0/s1. The molecule has 0 unspecified atom stereocenters. The van der Waals surface area contributed by atoms with Gasteiger partial charge in [-0.25, -0.2) is 0 Å². The summed E-state index contributed by atoms with van der Waals surface area (Å²) in [4.78, 5) is 36.0. The fraction of sp³-hybridized carbons (Fsp3) is 0.219. The molecule has 0 aliphatic carbocycles. The Bertz CT molecular complexity index is 1380. The molecular weight excluding hydrogens is 522 g/mol. The summed E-state index contributed by atoms with van der Waals surface area (Å²) < 4.78 is 5.21. The lowest BCUT2D eigenvalue weighted by molar-refractivity contribution is -0.138. The molecule has 3 aromatic carbocycles. The lowest BCUT2D eigenvalue weighted by Gasteiger charge is -2.28. The molecular formula is C32H31N3O4S. The summed E-state index contributed by atoms with van der Waals surface area (Å²) in [5, 5.41) is 9.34. The van der Waals surface area contributed by atoms with Crippen LogP contribution in [-0.4, -0.2) is 42.1 Å². The highest BCUT2D eigenvalue weighted by Crippen LogP contribution is 2.30. The summed E-state index contributed by atoms with van der Waals surface area (Å²) in [6, 6.07) is 30.1. The predicted molar refractivity (Wildman–Crippen MR) is 156 cm³/mol. The molecule has 2 amide bonds. The SMILES string of the molecule is COc1ccc(CO/N=C2/C[C@@H](C(=O)NCc3cccs3)N(C(=O)C(c3ccccc3)c3ccccc3)C2)cc1. The van der Waals surface area contributed by atoms with E-state index in [0.717, 1.165) is 27.3 Å². The number of oxime groups is 1. The predicted octanol–water partition coefficient (Wildman–Crippen LogP) is 5.38. The van der Waals surface area contributed by atoms with Crippen molar-refractivity contribution in [2.24, 2.45) is 5.16 Å². The van der Waals surface area contributed by atoms with Gasteiger partial charge in [0.05, 0.1) is 31.8 Å². The van der Waals surface area contributed by atoms with Gasteiger partial charge in [0.25, 0.3) is 0 Å². The molecule has 2 heterocycles. The molecule has 40 heavy (non-hydrogen) atoms. The lowest BCUT2D eigenvalue weighted by Crippen LogP contribution is -2.47. The summed E-state index contributed by atoms with van der Waals surface area (Å²) in [5.74, 6) is -0.131. The van der Waals surface area contributed by atoms with Crippen molar-refractivity contribution < 1.29 is 19.2 Å². The number of rotatable bonds is 10. The van der Waals surface area contributed by atoms with Crippen molar-refractivity contribution in [3.05, 3.63) is 124 Å². The third kappa shape index (κ3) is 6.58. The van der Waals surface area contributed by atoms with Gasteiger partial charge in [0.1, 0.15) is 18.4 Å². The van der Waals surface area contributed by atoms with E-state index in [0.29, 0.717) is 18.7 Å². The Hall–Kier alpha value is -4.43. The third-order valence-electron chi connectivity index (χ3n) is 6.86. The third-order valence-corrected chi connectivity index (χ3v) is 7.73. The molecule has 1 aliphatic rings. The van der Waals surface area contributed by atoms with E-state index in [2.05, 4.69) is 10.5 Å². The molecule has 7 nitrogen and oxygen atoms in total. The molecule has 8 heteroatoms. The van der Waals surface area contributed by atoms with Crippen molar-refractivity contribution >= 4 is 28.9 Å². The topological polar surface area (TPSA) is 80.2 Å². The van der Waals surface area contributed by atoms with Crippen molar-refractivity contribution in [2.75, 3.05) is 13.7 Å². The molecule has 0 bridgehead atoms. The molecule has 1 fully saturated rings. The van der Waals surface area contributed by atoms with Crippen LogP contribution in [0.1, 0.15) is 33.9 Å². The number of amides is 2. The quantitative estimate of drug-likeness (QED) is 0.268. The second-order valence-electron chi connectivity index (χ2n) is 9.52. The number of nitrogens with zero attached hydrogens (tertiary/aromatic N) is 2. The van der Waals surface area contributed by atoms with E-state index in [4.69, 9.17) is 9.57 Å². The van der Waals surface area contributed by atoms with Gasteiger partial charge in [0.2, 0.25) is 11.8 Å². The molecule has 1 aliphatic heterocycles. The first-order chi connectivity index (χ1) is 19.6. The van der Waals surface area contributed by atoms with Crippen LogP contribution in [0, 0.1) is 0 Å². The van der Waals surface area contributed by atoms with Crippen LogP contribution in [0.2, 0.25) is 0 Å². The summed E-state index contributed by atoms with van der Waals surface area (Å²) in [6.07, 6.45) is 0.306. The molecule has 4 aromatic rings. The first-order valence-corrected chi connectivity index (χ1v) is 14.0. The van der Waals surface area contributed by atoms with E-state index in [1.807, 2.05) is 102 Å². The van der Waals surface area contributed by atoms with Crippen LogP contribution in [0.4, 0.5) is 0 Å². The van der Waals surface area contributed by atoms with Gasteiger partial charge in [-0.05, 0) is 40.3 Å². The zero-order valence-corrected chi connectivity index (χ0v) is 23.1. The van der Waals surface area contributed by atoms with Crippen LogP contribution in [-0.2, 0) is 27.6 Å². The number of carbonyl (C=O) groups excluding carboxylic acids is 2. The number of thiophene rings is 1. The first-order valence-electron chi connectivity index (χ1n) is 13.1. The minimum Gasteiger partial charge on any atom is -0.497 e. The average molecular weight is 554 g/mol.